The lowest BCUT2D eigenvalue weighted by Crippen LogP contribution is -2.31. The average molecular weight is 328 g/mol. The molecule has 0 bridgehead atoms. The Morgan fingerprint density at radius 3 is 3.00 bits per heavy atom. The van der Waals surface area contributed by atoms with Crippen molar-refractivity contribution in [1.82, 2.24) is 20.0 Å². The van der Waals surface area contributed by atoms with E-state index in [4.69, 9.17) is 0 Å². The summed E-state index contributed by atoms with van der Waals surface area (Å²) in [5.41, 5.74) is 2.53. The maximum Gasteiger partial charge on any atom is 0.251 e. The Balaban J connectivity index is 1.47. The van der Waals surface area contributed by atoms with Crippen molar-refractivity contribution in [1.29, 1.82) is 0 Å². The first-order valence-corrected chi connectivity index (χ1v) is 8.29. The molecular formula is C18H24N4O2. The van der Waals surface area contributed by atoms with Gasteiger partial charge in [-0.3, -0.25) is 14.4 Å². The first-order valence-electron chi connectivity index (χ1n) is 8.29. The highest BCUT2D eigenvalue weighted by atomic mass is 16.3. The van der Waals surface area contributed by atoms with Crippen LogP contribution in [0, 0.1) is 12.8 Å². The molecule has 2 aromatic rings. The van der Waals surface area contributed by atoms with Gasteiger partial charge in [-0.1, -0.05) is 0 Å². The molecule has 6 heteroatoms. The van der Waals surface area contributed by atoms with Crippen LogP contribution in [0.15, 0.2) is 30.6 Å². The third-order valence-corrected chi connectivity index (χ3v) is 4.54. The van der Waals surface area contributed by atoms with Crippen LogP contribution in [0.4, 0.5) is 0 Å². The number of likely N-dealkylation sites (tertiary alicyclic amines) is 1. The number of benzene rings is 1. The van der Waals surface area contributed by atoms with E-state index in [1.54, 1.807) is 25.1 Å². The Hall–Kier alpha value is -2.34. The van der Waals surface area contributed by atoms with Crippen LogP contribution in [-0.4, -0.2) is 45.3 Å². The number of hydrogen-bond acceptors (Lipinski definition) is 4. The van der Waals surface area contributed by atoms with Crippen LogP contribution in [0.25, 0.3) is 0 Å². The Bertz CT molecular complexity index is 726. The second-order valence-corrected chi connectivity index (χ2v) is 6.62. The fraction of sp³-hybridized carbons (Fsp3) is 0.444. The molecule has 0 saturated carbocycles. The van der Waals surface area contributed by atoms with Crippen molar-refractivity contribution >= 4 is 5.91 Å². The van der Waals surface area contributed by atoms with Gasteiger partial charge in [0.1, 0.15) is 5.75 Å². The van der Waals surface area contributed by atoms with Crippen LogP contribution in [-0.2, 0) is 13.6 Å². The normalized spacial score (nSPS) is 18.0. The number of phenols is 1. The van der Waals surface area contributed by atoms with Crippen LogP contribution >= 0.6 is 0 Å². The summed E-state index contributed by atoms with van der Waals surface area (Å²) in [6.45, 7) is 5.43. The molecule has 1 atom stereocenters. The topological polar surface area (TPSA) is 70.4 Å². The Kier molecular flexibility index (Phi) is 4.85. The highest BCUT2D eigenvalue weighted by Gasteiger charge is 2.23. The van der Waals surface area contributed by atoms with Gasteiger partial charge in [0, 0.05) is 44.0 Å². The van der Waals surface area contributed by atoms with Gasteiger partial charge in [0.05, 0.1) is 6.20 Å². The van der Waals surface area contributed by atoms with Crippen molar-refractivity contribution in [2.45, 2.75) is 19.9 Å². The largest absolute Gasteiger partial charge is 0.508 e. The van der Waals surface area contributed by atoms with E-state index in [9.17, 15) is 9.90 Å². The van der Waals surface area contributed by atoms with Crippen LogP contribution < -0.4 is 5.32 Å². The fourth-order valence-electron chi connectivity index (χ4n) is 3.17. The minimum atomic E-state index is -0.0798. The number of aromatic nitrogens is 2. The summed E-state index contributed by atoms with van der Waals surface area (Å²) >= 11 is 0. The number of hydrogen-bond donors (Lipinski definition) is 2. The number of aryl methyl sites for hydroxylation is 2. The maximum absolute atomic E-state index is 12.2. The first-order chi connectivity index (χ1) is 11.5. The summed E-state index contributed by atoms with van der Waals surface area (Å²) in [6.07, 6.45) is 5.04. The van der Waals surface area contributed by atoms with Gasteiger partial charge in [0.15, 0.2) is 0 Å². The number of rotatable bonds is 5. The summed E-state index contributed by atoms with van der Waals surface area (Å²) in [6, 6.07) is 4.94. The number of nitrogens with zero attached hydrogens (tertiary/aromatic N) is 3. The van der Waals surface area contributed by atoms with E-state index in [1.165, 1.54) is 5.56 Å². The summed E-state index contributed by atoms with van der Waals surface area (Å²) in [4.78, 5) is 14.6. The van der Waals surface area contributed by atoms with Gasteiger partial charge in [-0.05, 0) is 49.6 Å². The SMILES string of the molecule is Cc1cc(C(=O)NCC2CCN(Cc3cnn(C)c3)C2)ccc1O. The number of amides is 1. The Morgan fingerprint density at radius 1 is 1.46 bits per heavy atom. The van der Waals surface area contributed by atoms with Crippen molar-refractivity contribution in [3.05, 3.63) is 47.3 Å². The Labute approximate surface area is 142 Å². The molecule has 2 heterocycles. The van der Waals surface area contributed by atoms with E-state index in [1.807, 2.05) is 24.1 Å². The van der Waals surface area contributed by atoms with Gasteiger partial charge < -0.3 is 10.4 Å². The van der Waals surface area contributed by atoms with Gasteiger partial charge in [-0.2, -0.15) is 5.10 Å². The minimum absolute atomic E-state index is 0.0798. The molecule has 1 amide bonds. The highest BCUT2D eigenvalue weighted by molar-refractivity contribution is 5.94. The zero-order chi connectivity index (χ0) is 17.1. The Morgan fingerprint density at radius 2 is 2.29 bits per heavy atom. The van der Waals surface area contributed by atoms with E-state index < -0.39 is 0 Å². The summed E-state index contributed by atoms with van der Waals surface area (Å²) in [5.74, 6) is 0.612. The number of carbonyl (C=O) groups is 1. The van der Waals surface area contributed by atoms with Crippen LogP contribution in [0.2, 0.25) is 0 Å². The first kappa shape index (κ1) is 16.5. The van der Waals surface area contributed by atoms with E-state index >= 15 is 0 Å². The smallest absolute Gasteiger partial charge is 0.251 e. The number of carbonyl (C=O) groups excluding carboxylic acids is 1. The number of nitrogens with one attached hydrogen (secondary N) is 1. The maximum atomic E-state index is 12.2. The molecule has 1 unspecified atom stereocenters. The van der Waals surface area contributed by atoms with Crippen molar-refractivity contribution in [2.75, 3.05) is 19.6 Å². The van der Waals surface area contributed by atoms with E-state index in [0.29, 0.717) is 23.6 Å². The summed E-state index contributed by atoms with van der Waals surface area (Å²) < 4.78 is 1.82. The van der Waals surface area contributed by atoms with Gasteiger partial charge in [-0.25, -0.2) is 0 Å². The predicted molar refractivity (Wildman–Crippen MR) is 91.8 cm³/mol. The molecule has 1 aliphatic rings. The van der Waals surface area contributed by atoms with Crippen molar-refractivity contribution in [3.63, 3.8) is 0 Å². The fourth-order valence-corrected chi connectivity index (χ4v) is 3.17. The van der Waals surface area contributed by atoms with Crippen LogP contribution in [0.1, 0.15) is 27.9 Å². The van der Waals surface area contributed by atoms with Gasteiger partial charge >= 0.3 is 0 Å². The number of aromatic hydroxyl groups is 1. The molecule has 0 spiro atoms. The minimum Gasteiger partial charge on any atom is -0.508 e. The third-order valence-electron chi connectivity index (χ3n) is 4.54. The van der Waals surface area contributed by atoms with Gasteiger partial charge in [0.2, 0.25) is 0 Å². The molecular weight excluding hydrogens is 304 g/mol. The molecule has 0 aliphatic carbocycles. The third kappa shape index (κ3) is 3.94. The van der Waals surface area contributed by atoms with Crippen LogP contribution in [0.5, 0.6) is 5.75 Å². The van der Waals surface area contributed by atoms with Crippen molar-refractivity contribution in [3.8, 4) is 5.75 Å². The lowest BCUT2D eigenvalue weighted by atomic mass is 10.1. The second kappa shape index (κ2) is 7.05. The lowest BCUT2D eigenvalue weighted by Gasteiger charge is -2.15. The summed E-state index contributed by atoms with van der Waals surface area (Å²) in [7, 11) is 1.93. The molecule has 6 nitrogen and oxygen atoms in total. The molecule has 24 heavy (non-hydrogen) atoms. The quantitative estimate of drug-likeness (QED) is 0.876. The zero-order valence-electron chi connectivity index (χ0n) is 14.2. The standard InChI is InChI=1S/C18H24N4O2/c1-13-7-16(3-4-17(13)23)18(24)19-8-14-5-6-22(11-14)12-15-9-20-21(2)10-15/h3-4,7,9-10,14,23H,5-6,8,11-12H2,1-2H3,(H,19,24). The molecule has 0 radical (unpaired) electrons. The molecule has 1 saturated heterocycles. The predicted octanol–water partition coefficient (Wildman–Crippen LogP) is 1.69. The average Bonchev–Trinajstić information content (AvgIpc) is 3.17. The van der Waals surface area contributed by atoms with Crippen LogP contribution in [0.3, 0.4) is 0 Å². The monoisotopic (exact) mass is 328 g/mol. The van der Waals surface area contributed by atoms with E-state index in [0.717, 1.165) is 26.1 Å². The van der Waals surface area contributed by atoms with Crippen molar-refractivity contribution < 1.29 is 9.90 Å². The number of phenolic OH excluding ortho intramolecular Hbond substituents is 1. The second-order valence-electron chi connectivity index (χ2n) is 6.62. The molecule has 1 aromatic carbocycles. The summed E-state index contributed by atoms with van der Waals surface area (Å²) in [5, 5.41) is 16.7. The highest BCUT2D eigenvalue weighted by Crippen LogP contribution is 2.19. The van der Waals surface area contributed by atoms with Gasteiger partial charge in [-0.15, -0.1) is 0 Å². The van der Waals surface area contributed by atoms with E-state index in [2.05, 4.69) is 15.3 Å². The molecule has 1 aromatic heterocycles. The van der Waals surface area contributed by atoms with Crippen molar-refractivity contribution in [2.24, 2.45) is 13.0 Å². The molecule has 1 aliphatic heterocycles. The molecule has 1 fully saturated rings. The van der Waals surface area contributed by atoms with Gasteiger partial charge in [0.25, 0.3) is 5.91 Å². The molecule has 2 N–H and O–H groups in total. The molecule has 3 rings (SSSR count). The van der Waals surface area contributed by atoms with E-state index in [-0.39, 0.29) is 11.7 Å². The zero-order valence-corrected chi connectivity index (χ0v) is 14.2. The lowest BCUT2D eigenvalue weighted by molar-refractivity contribution is 0.0947. The molecule has 128 valence electrons.